The zero-order chi connectivity index (χ0) is 25.6. The second kappa shape index (κ2) is 11.1. The topological polar surface area (TPSA) is 96.5 Å². The molecule has 0 spiro atoms. The number of halogens is 1. The molecule has 0 radical (unpaired) electrons. The van der Waals surface area contributed by atoms with Crippen LogP contribution in [0.3, 0.4) is 0 Å². The predicted octanol–water partition coefficient (Wildman–Crippen LogP) is 4.39. The number of hydrogen-bond donors (Lipinski definition) is 3. The van der Waals surface area contributed by atoms with Gasteiger partial charge in [0.25, 0.3) is 16.1 Å². The SMILES string of the molecule is COc1ccccc1C(=O)NCC1(c2ccccc2)CCC(NS(=O)(=O)Nc2cccc(F)c2)CC1. The van der Waals surface area contributed by atoms with E-state index in [-0.39, 0.29) is 23.1 Å². The van der Waals surface area contributed by atoms with Crippen LogP contribution >= 0.6 is 0 Å². The molecule has 0 bridgehead atoms. The van der Waals surface area contributed by atoms with Crippen molar-refractivity contribution in [2.45, 2.75) is 37.1 Å². The van der Waals surface area contributed by atoms with Crippen molar-refractivity contribution in [2.24, 2.45) is 0 Å². The maximum atomic E-state index is 13.4. The quantitative estimate of drug-likeness (QED) is 0.397. The van der Waals surface area contributed by atoms with Crippen LogP contribution in [0.2, 0.25) is 0 Å². The fourth-order valence-corrected chi connectivity index (χ4v) is 5.95. The van der Waals surface area contributed by atoms with Gasteiger partial charge in [0.15, 0.2) is 0 Å². The Labute approximate surface area is 211 Å². The number of methoxy groups -OCH3 is 1. The fourth-order valence-electron chi connectivity index (χ4n) is 4.78. The highest BCUT2D eigenvalue weighted by Crippen LogP contribution is 2.39. The zero-order valence-corrected chi connectivity index (χ0v) is 20.9. The van der Waals surface area contributed by atoms with Crippen molar-refractivity contribution in [3.05, 3.63) is 95.8 Å². The lowest BCUT2D eigenvalue weighted by Gasteiger charge is -2.41. The molecule has 0 aliphatic heterocycles. The van der Waals surface area contributed by atoms with Gasteiger partial charge < -0.3 is 10.1 Å². The first-order valence-corrected chi connectivity index (χ1v) is 13.3. The largest absolute Gasteiger partial charge is 0.496 e. The number of amides is 1. The van der Waals surface area contributed by atoms with Gasteiger partial charge in [-0.2, -0.15) is 13.1 Å². The van der Waals surface area contributed by atoms with Gasteiger partial charge in [-0.1, -0.05) is 48.5 Å². The first-order valence-electron chi connectivity index (χ1n) is 11.8. The van der Waals surface area contributed by atoms with Gasteiger partial charge in [-0.05, 0) is 61.6 Å². The zero-order valence-electron chi connectivity index (χ0n) is 20.0. The highest BCUT2D eigenvalue weighted by atomic mass is 32.2. The fraction of sp³-hybridized carbons (Fsp3) is 0.296. The Morgan fingerprint density at radius 3 is 2.39 bits per heavy atom. The predicted molar refractivity (Wildman–Crippen MR) is 138 cm³/mol. The molecule has 36 heavy (non-hydrogen) atoms. The molecule has 1 aliphatic rings. The Bertz CT molecular complexity index is 1290. The summed E-state index contributed by atoms with van der Waals surface area (Å²) in [5, 5.41) is 3.08. The highest BCUT2D eigenvalue weighted by Gasteiger charge is 2.38. The van der Waals surface area contributed by atoms with Crippen LogP contribution < -0.4 is 19.5 Å². The minimum absolute atomic E-state index is 0.163. The van der Waals surface area contributed by atoms with E-state index >= 15 is 0 Å². The molecule has 3 N–H and O–H groups in total. The van der Waals surface area contributed by atoms with E-state index in [1.165, 1.54) is 25.3 Å². The van der Waals surface area contributed by atoms with Gasteiger partial charge in [0, 0.05) is 18.0 Å². The Hall–Kier alpha value is -3.43. The molecule has 9 heteroatoms. The van der Waals surface area contributed by atoms with Gasteiger partial charge in [-0.15, -0.1) is 0 Å². The number of nitrogens with one attached hydrogen (secondary N) is 3. The first kappa shape index (κ1) is 25.7. The van der Waals surface area contributed by atoms with Crippen LogP contribution in [0.4, 0.5) is 10.1 Å². The number of carbonyl (C=O) groups is 1. The molecule has 1 aliphatic carbocycles. The minimum Gasteiger partial charge on any atom is -0.496 e. The van der Waals surface area contributed by atoms with Crippen molar-refractivity contribution in [1.29, 1.82) is 0 Å². The van der Waals surface area contributed by atoms with Gasteiger partial charge in [-0.3, -0.25) is 9.52 Å². The van der Waals surface area contributed by atoms with Crippen molar-refractivity contribution >= 4 is 21.8 Å². The number of para-hydroxylation sites is 1. The van der Waals surface area contributed by atoms with Gasteiger partial charge >= 0.3 is 0 Å². The number of anilines is 1. The summed E-state index contributed by atoms with van der Waals surface area (Å²) < 4.78 is 49.1. The summed E-state index contributed by atoms with van der Waals surface area (Å²) in [7, 11) is -2.34. The van der Waals surface area contributed by atoms with Crippen LogP contribution in [0.5, 0.6) is 5.75 Å². The summed E-state index contributed by atoms with van der Waals surface area (Å²) in [6.45, 7) is 0.412. The minimum atomic E-state index is -3.87. The van der Waals surface area contributed by atoms with Gasteiger partial charge in [-0.25, -0.2) is 4.39 Å². The van der Waals surface area contributed by atoms with Gasteiger partial charge in [0.05, 0.1) is 18.4 Å². The van der Waals surface area contributed by atoms with Gasteiger partial charge in [0.2, 0.25) is 0 Å². The third-order valence-electron chi connectivity index (χ3n) is 6.67. The second-order valence-corrected chi connectivity index (χ2v) is 10.5. The lowest BCUT2D eigenvalue weighted by Crippen LogP contribution is -2.48. The molecule has 0 unspecified atom stereocenters. The molecule has 0 atom stereocenters. The van der Waals surface area contributed by atoms with E-state index in [1.54, 1.807) is 18.2 Å². The molecule has 0 heterocycles. The van der Waals surface area contributed by atoms with E-state index in [2.05, 4.69) is 14.8 Å². The molecule has 1 fully saturated rings. The Morgan fingerprint density at radius 2 is 1.69 bits per heavy atom. The van der Waals surface area contributed by atoms with E-state index in [4.69, 9.17) is 4.74 Å². The summed E-state index contributed by atoms with van der Waals surface area (Å²) in [5.41, 5.74) is 1.39. The van der Waals surface area contributed by atoms with E-state index in [0.29, 0.717) is 43.5 Å². The number of hydrogen-bond acceptors (Lipinski definition) is 4. The number of rotatable bonds is 9. The Kier molecular flexibility index (Phi) is 7.91. The molecule has 7 nitrogen and oxygen atoms in total. The third-order valence-corrected chi connectivity index (χ3v) is 7.81. The normalized spacial score (nSPS) is 19.9. The molecular formula is C27H30FN3O4S. The summed E-state index contributed by atoms with van der Waals surface area (Å²) in [6.07, 6.45) is 2.53. The maximum Gasteiger partial charge on any atom is 0.299 e. The van der Waals surface area contributed by atoms with Crippen molar-refractivity contribution in [2.75, 3.05) is 18.4 Å². The molecule has 0 aromatic heterocycles. The average Bonchev–Trinajstić information content (AvgIpc) is 2.88. The first-order chi connectivity index (χ1) is 17.3. The Balaban J connectivity index is 1.44. The van der Waals surface area contributed by atoms with E-state index in [0.717, 1.165) is 11.6 Å². The van der Waals surface area contributed by atoms with Crippen molar-refractivity contribution in [3.8, 4) is 5.75 Å². The molecule has 4 rings (SSSR count). The second-order valence-electron chi connectivity index (χ2n) is 9.04. The molecule has 3 aromatic carbocycles. The van der Waals surface area contributed by atoms with E-state index < -0.39 is 16.0 Å². The summed E-state index contributed by atoms with van der Waals surface area (Å²) in [6, 6.07) is 22.1. The summed E-state index contributed by atoms with van der Waals surface area (Å²) in [4.78, 5) is 13.0. The van der Waals surface area contributed by atoms with Crippen LogP contribution in [-0.2, 0) is 15.6 Å². The summed E-state index contributed by atoms with van der Waals surface area (Å²) >= 11 is 0. The lowest BCUT2D eigenvalue weighted by molar-refractivity contribution is 0.0932. The van der Waals surface area contributed by atoms with Crippen LogP contribution in [0, 0.1) is 5.82 Å². The third kappa shape index (κ3) is 6.22. The molecule has 190 valence electrons. The van der Waals surface area contributed by atoms with Crippen molar-refractivity contribution < 1.29 is 22.3 Å². The monoisotopic (exact) mass is 511 g/mol. The van der Waals surface area contributed by atoms with E-state index in [1.807, 2.05) is 36.4 Å². The number of ether oxygens (including phenoxy) is 1. The smallest absolute Gasteiger partial charge is 0.299 e. The molecular weight excluding hydrogens is 481 g/mol. The maximum absolute atomic E-state index is 13.4. The lowest BCUT2D eigenvalue weighted by atomic mass is 9.68. The molecule has 1 amide bonds. The van der Waals surface area contributed by atoms with Crippen LogP contribution in [-0.4, -0.2) is 34.0 Å². The molecule has 3 aromatic rings. The standard InChI is InChI=1S/C27H30FN3O4S/c1-35-25-13-6-5-12-24(25)26(32)29-19-27(20-8-3-2-4-9-20)16-14-22(15-17-27)30-36(33,34)31-23-11-7-10-21(28)18-23/h2-13,18,22,30-31H,14-17,19H2,1H3,(H,29,32). The van der Waals surface area contributed by atoms with Crippen molar-refractivity contribution in [1.82, 2.24) is 10.0 Å². The number of benzene rings is 3. The molecule has 1 saturated carbocycles. The highest BCUT2D eigenvalue weighted by molar-refractivity contribution is 7.90. The summed E-state index contributed by atoms with van der Waals surface area (Å²) in [5.74, 6) is -0.228. The van der Waals surface area contributed by atoms with Crippen LogP contribution in [0.1, 0.15) is 41.6 Å². The number of carbonyl (C=O) groups excluding carboxylic acids is 1. The average molecular weight is 512 g/mol. The van der Waals surface area contributed by atoms with Crippen molar-refractivity contribution in [3.63, 3.8) is 0 Å². The Morgan fingerprint density at radius 1 is 1.00 bits per heavy atom. The molecule has 0 saturated heterocycles. The van der Waals surface area contributed by atoms with E-state index in [9.17, 15) is 17.6 Å². The van der Waals surface area contributed by atoms with Crippen LogP contribution in [0.25, 0.3) is 0 Å². The van der Waals surface area contributed by atoms with Gasteiger partial charge in [0.1, 0.15) is 11.6 Å². The van der Waals surface area contributed by atoms with Crippen LogP contribution in [0.15, 0.2) is 78.9 Å².